The van der Waals surface area contributed by atoms with Crippen molar-refractivity contribution < 1.29 is 9.47 Å². The number of amidine groups is 1. The number of hydrogen-bond donors (Lipinski definition) is 1. The molecule has 7 nitrogen and oxygen atoms in total. The number of aliphatic imine (C=N–C) groups is 1. The minimum Gasteiger partial charge on any atom is -0.462 e. The molecule has 1 aromatic carbocycles. The van der Waals surface area contributed by atoms with Gasteiger partial charge in [-0.2, -0.15) is 5.10 Å². The molecular formula is C18H15N5O2. The van der Waals surface area contributed by atoms with Crippen LogP contribution in [0.15, 0.2) is 53.8 Å². The van der Waals surface area contributed by atoms with Gasteiger partial charge in [0.15, 0.2) is 5.54 Å². The zero-order chi connectivity index (χ0) is 17.0. The third-order valence-electron chi connectivity index (χ3n) is 4.58. The molecule has 5 rings (SSSR count). The van der Waals surface area contributed by atoms with Gasteiger partial charge in [-0.25, -0.2) is 9.98 Å². The van der Waals surface area contributed by atoms with Crippen LogP contribution in [0, 0.1) is 0 Å². The van der Waals surface area contributed by atoms with Crippen LogP contribution >= 0.6 is 0 Å². The summed E-state index contributed by atoms with van der Waals surface area (Å²) in [6.07, 6.45) is 3.69. The molecule has 1 spiro atoms. The molecule has 0 radical (unpaired) electrons. The predicted octanol–water partition coefficient (Wildman–Crippen LogP) is 2.18. The van der Waals surface area contributed by atoms with E-state index < -0.39 is 5.54 Å². The molecule has 2 N–H and O–H groups in total. The third kappa shape index (κ3) is 1.95. The fourth-order valence-corrected chi connectivity index (χ4v) is 3.40. The zero-order valence-corrected chi connectivity index (χ0v) is 13.5. The van der Waals surface area contributed by atoms with E-state index in [4.69, 9.17) is 20.2 Å². The Balaban J connectivity index is 1.72. The molecular weight excluding hydrogens is 318 g/mol. The van der Waals surface area contributed by atoms with Crippen LogP contribution < -0.4 is 10.5 Å². The molecule has 0 saturated heterocycles. The van der Waals surface area contributed by atoms with Crippen molar-refractivity contribution in [3.05, 3.63) is 59.9 Å². The fourth-order valence-electron chi connectivity index (χ4n) is 3.40. The highest BCUT2D eigenvalue weighted by molar-refractivity contribution is 5.76. The Morgan fingerprint density at radius 2 is 2.04 bits per heavy atom. The average molecular weight is 333 g/mol. The van der Waals surface area contributed by atoms with Crippen molar-refractivity contribution in [3.63, 3.8) is 0 Å². The van der Waals surface area contributed by atoms with Crippen LogP contribution in [0.2, 0.25) is 0 Å². The van der Waals surface area contributed by atoms with E-state index in [1.54, 1.807) is 10.9 Å². The van der Waals surface area contributed by atoms with E-state index in [9.17, 15) is 0 Å². The highest BCUT2D eigenvalue weighted by Gasteiger charge is 2.47. The molecule has 1 atom stereocenters. The van der Waals surface area contributed by atoms with Crippen LogP contribution in [0.4, 0.5) is 0 Å². The molecule has 1 unspecified atom stereocenters. The first kappa shape index (κ1) is 14.0. The maximum Gasteiger partial charge on any atom is 0.283 e. The van der Waals surface area contributed by atoms with E-state index in [1.807, 2.05) is 49.6 Å². The van der Waals surface area contributed by atoms with Crippen molar-refractivity contribution >= 4 is 6.02 Å². The number of ether oxygens (including phenoxy) is 2. The maximum absolute atomic E-state index is 6.06. The number of rotatable bonds is 1. The SMILES string of the molecule is Cn1cc(-c2ccc3c(n2)Oc2ccccc2C32COC(N)=N2)cn1. The summed E-state index contributed by atoms with van der Waals surface area (Å²) in [5.41, 5.74) is 8.61. The monoisotopic (exact) mass is 333 g/mol. The fraction of sp³-hybridized carbons (Fsp3) is 0.167. The van der Waals surface area contributed by atoms with Crippen molar-refractivity contribution in [1.82, 2.24) is 14.8 Å². The van der Waals surface area contributed by atoms with E-state index in [2.05, 4.69) is 10.1 Å². The Hall–Kier alpha value is -3.35. The highest BCUT2D eigenvalue weighted by atomic mass is 16.5. The molecule has 0 aliphatic carbocycles. The lowest BCUT2D eigenvalue weighted by atomic mass is 9.82. The van der Waals surface area contributed by atoms with Gasteiger partial charge in [-0.15, -0.1) is 0 Å². The van der Waals surface area contributed by atoms with Crippen molar-refractivity contribution in [3.8, 4) is 22.9 Å². The van der Waals surface area contributed by atoms with Gasteiger partial charge in [0.05, 0.1) is 17.5 Å². The largest absolute Gasteiger partial charge is 0.462 e. The van der Waals surface area contributed by atoms with Gasteiger partial charge in [-0.05, 0) is 18.2 Å². The second-order valence-corrected chi connectivity index (χ2v) is 6.15. The van der Waals surface area contributed by atoms with Crippen LogP contribution in [-0.2, 0) is 17.3 Å². The Morgan fingerprint density at radius 3 is 2.80 bits per heavy atom. The molecule has 0 fully saturated rings. The quantitative estimate of drug-likeness (QED) is 0.737. The minimum atomic E-state index is -0.714. The van der Waals surface area contributed by atoms with Gasteiger partial charge in [-0.1, -0.05) is 18.2 Å². The zero-order valence-electron chi connectivity index (χ0n) is 13.5. The summed E-state index contributed by atoms with van der Waals surface area (Å²) in [5.74, 6) is 1.23. The number of nitrogens with zero attached hydrogens (tertiary/aromatic N) is 4. The number of para-hydroxylation sites is 1. The highest BCUT2D eigenvalue weighted by Crippen LogP contribution is 2.50. The number of hydrogen-bond acceptors (Lipinski definition) is 6. The first-order chi connectivity index (χ1) is 12.2. The van der Waals surface area contributed by atoms with Gasteiger partial charge in [0.2, 0.25) is 5.88 Å². The van der Waals surface area contributed by atoms with E-state index in [0.717, 1.165) is 22.4 Å². The van der Waals surface area contributed by atoms with Gasteiger partial charge in [-0.3, -0.25) is 4.68 Å². The van der Waals surface area contributed by atoms with Crippen molar-refractivity contribution in [1.29, 1.82) is 0 Å². The summed E-state index contributed by atoms with van der Waals surface area (Å²) in [5, 5.41) is 4.20. The average Bonchev–Trinajstić information content (AvgIpc) is 3.22. The number of aryl methyl sites for hydroxylation is 1. The molecule has 0 saturated carbocycles. The maximum atomic E-state index is 6.06. The summed E-state index contributed by atoms with van der Waals surface area (Å²) >= 11 is 0. The van der Waals surface area contributed by atoms with Gasteiger partial charge in [0.1, 0.15) is 12.4 Å². The molecule has 2 aliphatic rings. The number of pyridine rings is 1. The Labute approximate surface area is 143 Å². The van der Waals surface area contributed by atoms with Crippen LogP contribution in [0.3, 0.4) is 0 Å². The normalized spacial score (nSPS) is 20.4. The van der Waals surface area contributed by atoms with E-state index in [1.165, 1.54) is 0 Å². The van der Waals surface area contributed by atoms with E-state index in [-0.39, 0.29) is 6.02 Å². The number of nitrogens with two attached hydrogens (primary N) is 1. The van der Waals surface area contributed by atoms with Crippen LogP contribution in [0.5, 0.6) is 11.6 Å². The third-order valence-corrected chi connectivity index (χ3v) is 4.58. The summed E-state index contributed by atoms with van der Waals surface area (Å²) in [7, 11) is 1.87. The lowest BCUT2D eigenvalue weighted by molar-refractivity contribution is 0.262. The molecule has 0 bridgehead atoms. The van der Waals surface area contributed by atoms with Crippen molar-refractivity contribution in [2.45, 2.75) is 5.54 Å². The predicted molar refractivity (Wildman–Crippen MR) is 91.3 cm³/mol. The summed E-state index contributed by atoms with van der Waals surface area (Å²) in [4.78, 5) is 9.30. The second-order valence-electron chi connectivity index (χ2n) is 6.15. The smallest absolute Gasteiger partial charge is 0.283 e. The molecule has 25 heavy (non-hydrogen) atoms. The van der Waals surface area contributed by atoms with Gasteiger partial charge >= 0.3 is 0 Å². The Morgan fingerprint density at radius 1 is 1.16 bits per heavy atom. The first-order valence-corrected chi connectivity index (χ1v) is 7.92. The minimum absolute atomic E-state index is 0.180. The van der Waals surface area contributed by atoms with Crippen molar-refractivity contribution in [2.24, 2.45) is 17.8 Å². The second kappa shape index (κ2) is 4.83. The van der Waals surface area contributed by atoms with Crippen LogP contribution in [0.1, 0.15) is 11.1 Å². The number of fused-ring (bicyclic) bond motifs is 4. The van der Waals surface area contributed by atoms with Gasteiger partial charge in [0, 0.05) is 24.4 Å². The van der Waals surface area contributed by atoms with E-state index >= 15 is 0 Å². The molecule has 4 heterocycles. The number of benzene rings is 1. The lowest BCUT2D eigenvalue weighted by Gasteiger charge is -2.32. The summed E-state index contributed by atoms with van der Waals surface area (Å²) < 4.78 is 13.3. The molecule has 7 heteroatoms. The van der Waals surface area contributed by atoms with E-state index in [0.29, 0.717) is 18.2 Å². The van der Waals surface area contributed by atoms with Gasteiger partial charge in [0.25, 0.3) is 6.02 Å². The Kier molecular flexibility index (Phi) is 2.71. The van der Waals surface area contributed by atoms with Gasteiger partial charge < -0.3 is 15.2 Å². The molecule has 124 valence electrons. The van der Waals surface area contributed by atoms with Crippen LogP contribution in [0.25, 0.3) is 11.3 Å². The summed E-state index contributed by atoms with van der Waals surface area (Å²) in [6.45, 7) is 0.333. The summed E-state index contributed by atoms with van der Waals surface area (Å²) in [6, 6.07) is 11.9. The molecule has 3 aromatic rings. The molecule has 2 aromatic heterocycles. The first-order valence-electron chi connectivity index (χ1n) is 7.92. The van der Waals surface area contributed by atoms with Crippen LogP contribution in [-0.4, -0.2) is 27.4 Å². The standard InChI is InChI=1S/C18H15N5O2/c1-23-9-11(8-20-23)14-7-6-13-16(21-14)25-15-5-3-2-4-12(15)18(13)10-24-17(19)22-18/h2-9H,10H2,1H3,(H2,19,22). The Bertz CT molecular complexity index is 1030. The number of aromatic nitrogens is 3. The molecule has 0 amide bonds. The van der Waals surface area contributed by atoms with Crippen molar-refractivity contribution in [2.75, 3.05) is 6.61 Å². The lowest BCUT2D eigenvalue weighted by Crippen LogP contribution is -2.31. The topological polar surface area (TPSA) is 87.5 Å². The molecule has 2 aliphatic heterocycles.